The number of aromatic nitrogens is 2. The summed E-state index contributed by atoms with van der Waals surface area (Å²) in [4.78, 5) is 10.3. The third-order valence-electron chi connectivity index (χ3n) is 2.53. The molecule has 2 rings (SSSR count). The van der Waals surface area contributed by atoms with Crippen LogP contribution in [0.3, 0.4) is 0 Å². The van der Waals surface area contributed by atoms with E-state index in [1.807, 2.05) is 11.8 Å². The summed E-state index contributed by atoms with van der Waals surface area (Å²) in [5, 5.41) is 1.50. The van der Waals surface area contributed by atoms with Gasteiger partial charge in [-0.15, -0.1) is 0 Å². The van der Waals surface area contributed by atoms with Gasteiger partial charge in [0.15, 0.2) is 11.0 Å². The van der Waals surface area contributed by atoms with E-state index in [1.54, 1.807) is 0 Å². The van der Waals surface area contributed by atoms with Gasteiger partial charge in [-0.1, -0.05) is 25.4 Å². The van der Waals surface area contributed by atoms with E-state index in [4.69, 9.17) is 17.3 Å². The van der Waals surface area contributed by atoms with E-state index in [9.17, 15) is 0 Å². The molecule has 0 bridgehead atoms. The molecule has 1 fully saturated rings. The fraction of sp³-hybridized carbons (Fsp3) is 0.600. The predicted molar refractivity (Wildman–Crippen MR) is 70.2 cm³/mol. The van der Waals surface area contributed by atoms with Crippen molar-refractivity contribution in [3.8, 4) is 0 Å². The summed E-state index contributed by atoms with van der Waals surface area (Å²) >= 11 is 7.89. The van der Waals surface area contributed by atoms with Gasteiger partial charge in [0.1, 0.15) is 12.0 Å². The zero-order valence-electron chi connectivity index (χ0n) is 9.35. The number of nitrogens with zero attached hydrogens (tertiary/aromatic N) is 3. The first-order valence-electron chi connectivity index (χ1n) is 5.24. The zero-order valence-corrected chi connectivity index (χ0v) is 10.9. The smallest absolute Gasteiger partial charge is 0.157 e. The highest BCUT2D eigenvalue weighted by molar-refractivity contribution is 8.00. The molecule has 0 aromatic carbocycles. The Bertz CT molecular complexity index is 377. The fourth-order valence-corrected chi connectivity index (χ4v) is 3.42. The van der Waals surface area contributed by atoms with Gasteiger partial charge in [-0.05, 0) is 0 Å². The first-order valence-corrected chi connectivity index (χ1v) is 6.56. The molecular formula is C10H15ClN4S. The van der Waals surface area contributed by atoms with Crippen molar-refractivity contribution >= 4 is 34.9 Å². The van der Waals surface area contributed by atoms with Crippen LogP contribution in [0.15, 0.2) is 6.33 Å². The van der Waals surface area contributed by atoms with Gasteiger partial charge in [0.05, 0.1) is 0 Å². The lowest BCUT2D eigenvalue weighted by atomic mass is 10.3. The van der Waals surface area contributed by atoms with Gasteiger partial charge in [-0.3, -0.25) is 0 Å². The minimum atomic E-state index is 0.337. The maximum Gasteiger partial charge on any atom is 0.157 e. The molecule has 0 aliphatic carbocycles. The van der Waals surface area contributed by atoms with Crippen molar-refractivity contribution in [3.63, 3.8) is 0 Å². The van der Waals surface area contributed by atoms with E-state index in [1.165, 1.54) is 6.33 Å². The van der Waals surface area contributed by atoms with Gasteiger partial charge >= 0.3 is 0 Å². The highest BCUT2D eigenvalue weighted by Gasteiger charge is 2.25. The normalized spacial score (nSPS) is 25.8. The summed E-state index contributed by atoms with van der Waals surface area (Å²) < 4.78 is 0. The number of rotatable bonds is 1. The van der Waals surface area contributed by atoms with Gasteiger partial charge in [0.25, 0.3) is 0 Å². The quantitative estimate of drug-likeness (QED) is 0.782. The Morgan fingerprint density at radius 1 is 1.38 bits per heavy atom. The van der Waals surface area contributed by atoms with E-state index in [0.717, 1.165) is 18.9 Å². The average molecular weight is 259 g/mol. The molecule has 2 heterocycles. The predicted octanol–water partition coefficient (Wildman–Crippen LogP) is 2.04. The molecule has 1 aliphatic rings. The molecule has 1 aliphatic heterocycles. The molecular weight excluding hydrogens is 244 g/mol. The van der Waals surface area contributed by atoms with Crippen molar-refractivity contribution in [1.29, 1.82) is 0 Å². The van der Waals surface area contributed by atoms with Gasteiger partial charge in [0.2, 0.25) is 0 Å². The first-order chi connectivity index (χ1) is 7.58. The van der Waals surface area contributed by atoms with Crippen molar-refractivity contribution < 1.29 is 0 Å². The summed E-state index contributed by atoms with van der Waals surface area (Å²) in [6, 6.07) is 0. The number of nitrogens with two attached hydrogens (primary N) is 1. The van der Waals surface area contributed by atoms with Gasteiger partial charge in [0, 0.05) is 23.6 Å². The summed E-state index contributed by atoms with van der Waals surface area (Å²) in [6.07, 6.45) is 1.46. The summed E-state index contributed by atoms with van der Waals surface area (Å²) in [5.74, 6) is 0.763. The Labute approximate surface area is 105 Å². The van der Waals surface area contributed by atoms with Crippen LogP contribution in [-0.4, -0.2) is 33.6 Å². The number of hydrogen-bond donors (Lipinski definition) is 1. The second kappa shape index (κ2) is 4.67. The SMILES string of the molecule is CC1CN(c2ncnc(Cl)c2N)CC(C)S1. The molecule has 2 N–H and O–H groups in total. The number of halogens is 1. The maximum absolute atomic E-state index is 5.90. The second-order valence-electron chi connectivity index (χ2n) is 4.06. The largest absolute Gasteiger partial charge is 0.393 e. The third-order valence-corrected chi connectivity index (χ3v) is 4.06. The van der Waals surface area contributed by atoms with E-state index in [2.05, 4.69) is 28.7 Å². The van der Waals surface area contributed by atoms with Crippen LogP contribution in [0.1, 0.15) is 13.8 Å². The van der Waals surface area contributed by atoms with E-state index in [0.29, 0.717) is 21.3 Å². The lowest BCUT2D eigenvalue weighted by molar-refractivity contribution is 0.718. The molecule has 16 heavy (non-hydrogen) atoms. The van der Waals surface area contributed by atoms with Crippen LogP contribution in [0.5, 0.6) is 0 Å². The number of hydrogen-bond acceptors (Lipinski definition) is 5. The highest BCUT2D eigenvalue weighted by atomic mass is 35.5. The molecule has 88 valence electrons. The molecule has 2 atom stereocenters. The molecule has 4 nitrogen and oxygen atoms in total. The summed E-state index contributed by atoms with van der Waals surface area (Å²) in [5.41, 5.74) is 6.38. The minimum absolute atomic E-state index is 0.337. The molecule has 0 saturated carbocycles. The maximum atomic E-state index is 5.90. The van der Waals surface area contributed by atoms with Crippen LogP contribution in [-0.2, 0) is 0 Å². The van der Waals surface area contributed by atoms with Crippen molar-refractivity contribution in [3.05, 3.63) is 11.5 Å². The fourth-order valence-electron chi connectivity index (χ4n) is 1.97. The molecule has 0 radical (unpaired) electrons. The van der Waals surface area contributed by atoms with E-state index < -0.39 is 0 Å². The van der Waals surface area contributed by atoms with Crippen molar-refractivity contribution in [2.75, 3.05) is 23.7 Å². The third kappa shape index (κ3) is 2.35. The summed E-state index contributed by atoms with van der Waals surface area (Å²) in [6.45, 7) is 6.33. The van der Waals surface area contributed by atoms with Crippen LogP contribution >= 0.6 is 23.4 Å². The van der Waals surface area contributed by atoms with E-state index in [-0.39, 0.29) is 0 Å². The molecule has 1 aromatic rings. The number of anilines is 2. The van der Waals surface area contributed by atoms with Gasteiger partial charge in [-0.25, -0.2) is 9.97 Å². The van der Waals surface area contributed by atoms with Crippen molar-refractivity contribution in [1.82, 2.24) is 9.97 Å². The topological polar surface area (TPSA) is 55.0 Å². The average Bonchev–Trinajstić information content (AvgIpc) is 2.20. The second-order valence-corrected chi connectivity index (χ2v) is 6.30. The zero-order chi connectivity index (χ0) is 11.7. The lowest BCUT2D eigenvalue weighted by Crippen LogP contribution is -2.41. The van der Waals surface area contributed by atoms with Gasteiger partial charge in [-0.2, -0.15) is 11.8 Å². The van der Waals surface area contributed by atoms with Crippen molar-refractivity contribution in [2.45, 2.75) is 24.3 Å². The van der Waals surface area contributed by atoms with Crippen LogP contribution in [0, 0.1) is 0 Å². The van der Waals surface area contributed by atoms with Crippen molar-refractivity contribution in [2.24, 2.45) is 0 Å². The van der Waals surface area contributed by atoms with E-state index >= 15 is 0 Å². The van der Waals surface area contributed by atoms with Crippen LogP contribution in [0.25, 0.3) is 0 Å². The minimum Gasteiger partial charge on any atom is -0.393 e. The first kappa shape index (κ1) is 11.8. The Morgan fingerprint density at radius 2 is 2.00 bits per heavy atom. The van der Waals surface area contributed by atoms with Gasteiger partial charge < -0.3 is 10.6 Å². The van der Waals surface area contributed by atoms with Crippen LogP contribution in [0.4, 0.5) is 11.5 Å². The number of nitrogen functional groups attached to an aromatic ring is 1. The number of thioether (sulfide) groups is 1. The molecule has 0 amide bonds. The molecule has 0 spiro atoms. The molecule has 2 unspecified atom stereocenters. The Balaban J connectivity index is 2.26. The Hall–Kier alpha value is -0.680. The Kier molecular flexibility index (Phi) is 3.44. The standard InChI is InChI=1S/C10H15ClN4S/c1-6-3-15(4-7(2)16-6)10-8(12)9(11)13-5-14-10/h5-7H,3-4,12H2,1-2H3. The monoisotopic (exact) mass is 258 g/mol. The lowest BCUT2D eigenvalue weighted by Gasteiger charge is -2.35. The Morgan fingerprint density at radius 3 is 2.62 bits per heavy atom. The highest BCUT2D eigenvalue weighted by Crippen LogP contribution is 2.32. The molecule has 1 aromatic heterocycles. The molecule has 1 saturated heterocycles. The summed E-state index contributed by atoms with van der Waals surface area (Å²) in [7, 11) is 0. The van der Waals surface area contributed by atoms with Crippen LogP contribution in [0.2, 0.25) is 5.15 Å². The molecule has 6 heteroatoms. The van der Waals surface area contributed by atoms with Crippen LogP contribution < -0.4 is 10.6 Å².